The third-order valence-corrected chi connectivity index (χ3v) is 4.00. The molecule has 2 atom stereocenters. The lowest BCUT2D eigenvalue weighted by molar-refractivity contribution is -0.148. The number of rotatable bonds is 8. The summed E-state index contributed by atoms with van der Waals surface area (Å²) in [7, 11) is 1.25. The Kier molecular flexibility index (Phi) is 7.10. The maximum atomic E-state index is 11.9. The molecule has 27 heavy (non-hydrogen) atoms. The monoisotopic (exact) mass is 374 g/mol. The molecule has 1 aromatic carbocycles. The molecule has 1 amide bonds. The largest absolute Gasteiger partial charge is 0.467 e. The Bertz CT molecular complexity index is 809. The molecule has 0 radical (unpaired) electrons. The van der Waals surface area contributed by atoms with Gasteiger partial charge in [-0.1, -0.05) is 32.4 Å². The van der Waals surface area contributed by atoms with E-state index >= 15 is 0 Å². The number of benzene rings is 1. The minimum atomic E-state index is -0.790. The lowest BCUT2D eigenvalue weighted by Gasteiger charge is -2.21. The van der Waals surface area contributed by atoms with Gasteiger partial charge in [-0.05, 0) is 18.1 Å². The first-order valence-electron chi connectivity index (χ1n) is 8.52. The van der Waals surface area contributed by atoms with Crippen LogP contribution < -0.4 is 5.32 Å². The van der Waals surface area contributed by atoms with Crippen molar-refractivity contribution in [2.45, 2.75) is 26.3 Å². The molecule has 0 aliphatic rings. The van der Waals surface area contributed by atoms with E-state index in [-0.39, 0.29) is 11.8 Å². The van der Waals surface area contributed by atoms with Crippen molar-refractivity contribution in [2.75, 3.05) is 13.7 Å². The van der Waals surface area contributed by atoms with Gasteiger partial charge in [-0.2, -0.15) is 0 Å². The minimum absolute atomic E-state index is 0.115. The van der Waals surface area contributed by atoms with Gasteiger partial charge in [0.15, 0.2) is 12.2 Å². The van der Waals surface area contributed by atoms with Crippen LogP contribution in [-0.2, 0) is 23.9 Å². The number of ether oxygens (including phenoxy) is 2. The Hall–Kier alpha value is -3.16. The fraction of sp³-hybridized carbons (Fsp3) is 0.368. The third-order valence-electron chi connectivity index (χ3n) is 4.00. The van der Waals surface area contributed by atoms with Crippen LogP contribution in [0.3, 0.4) is 0 Å². The molecule has 1 aromatic heterocycles. The number of para-hydroxylation sites is 2. The molecule has 1 heterocycles. The van der Waals surface area contributed by atoms with Crippen LogP contribution in [0.25, 0.3) is 17.2 Å². The van der Waals surface area contributed by atoms with Gasteiger partial charge in [-0.15, -0.1) is 0 Å². The summed E-state index contributed by atoms with van der Waals surface area (Å²) in [5.74, 6) is -1.73. The first-order chi connectivity index (χ1) is 12.9. The molecular formula is C19H22N2O6. The van der Waals surface area contributed by atoms with Gasteiger partial charge in [0.1, 0.15) is 11.6 Å². The van der Waals surface area contributed by atoms with E-state index in [0.29, 0.717) is 17.5 Å². The summed E-state index contributed by atoms with van der Waals surface area (Å²) in [6, 6.07) is 6.40. The van der Waals surface area contributed by atoms with E-state index in [4.69, 9.17) is 9.15 Å². The fourth-order valence-electron chi connectivity index (χ4n) is 2.30. The van der Waals surface area contributed by atoms with Gasteiger partial charge in [0.2, 0.25) is 5.89 Å². The Labute approximate surface area is 156 Å². The lowest BCUT2D eigenvalue weighted by atomic mass is 9.99. The van der Waals surface area contributed by atoms with E-state index in [9.17, 15) is 14.4 Å². The molecule has 8 heteroatoms. The summed E-state index contributed by atoms with van der Waals surface area (Å²) in [6.45, 7) is 3.20. The number of hydrogen-bond donors (Lipinski definition) is 1. The second-order valence-corrected chi connectivity index (χ2v) is 5.91. The van der Waals surface area contributed by atoms with Crippen LogP contribution in [0.4, 0.5) is 0 Å². The average Bonchev–Trinajstić information content (AvgIpc) is 3.10. The fourth-order valence-corrected chi connectivity index (χ4v) is 2.30. The molecule has 2 aromatic rings. The molecule has 8 nitrogen and oxygen atoms in total. The highest BCUT2D eigenvalue weighted by molar-refractivity contribution is 5.90. The average molecular weight is 374 g/mol. The van der Waals surface area contributed by atoms with E-state index in [1.165, 1.54) is 13.2 Å². The topological polar surface area (TPSA) is 108 Å². The molecule has 144 valence electrons. The number of carbonyl (C=O) groups excluding carboxylic acids is 3. The zero-order valence-electron chi connectivity index (χ0n) is 15.4. The van der Waals surface area contributed by atoms with Crippen molar-refractivity contribution in [2.24, 2.45) is 5.92 Å². The highest BCUT2D eigenvalue weighted by atomic mass is 16.5. The van der Waals surface area contributed by atoms with Gasteiger partial charge in [0, 0.05) is 12.2 Å². The number of nitrogens with one attached hydrogen (secondary N) is 1. The summed E-state index contributed by atoms with van der Waals surface area (Å²) in [5, 5.41) is 2.52. The molecule has 0 aliphatic heterocycles. The maximum absolute atomic E-state index is 11.9. The van der Waals surface area contributed by atoms with Crippen LogP contribution in [0.2, 0.25) is 0 Å². The third kappa shape index (κ3) is 5.67. The van der Waals surface area contributed by atoms with Crippen LogP contribution in [0.1, 0.15) is 26.2 Å². The number of methoxy groups -OCH3 is 1. The summed E-state index contributed by atoms with van der Waals surface area (Å²) in [4.78, 5) is 39.6. The highest BCUT2D eigenvalue weighted by Gasteiger charge is 2.26. The highest BCUT2D eigenvalue weighted by Crippen LogP contribution is 2.15. The predicted octanol–water partition coefficient (Wildman–Crippen LogP) is 2.09. The molecule has 0 unspecified atom stereocenters. The maximum Gasteiger partial charge on any atom is 0.331 e. The van der Waals surface area contributed by atoms with Crippen molar-refractivity contribution >= 4 is 35.0 Å². The quantitative estimate of drug-likeness (QED) is 0.557. The molecule has 0 bridgehead atoms. The number of esters is 2. The molecule has 0 saturated carbocycles. The van der Waals surface area contributed by atoms with Crippen LogP contribution in [0.5, 0.6) is 0 Å². The molecule has 0 aliphatic carbocycles. The number of nitrogens with zero attached hydrogens (tertiary/aromatic N) is 1. The van der Waals surface area contributed by atoms with Crippen molar-refractivity contribution in [3.63, 3.8) is 0 Å². The molecule has 2 rings (SSSR count). The Morgan fingerprint density at radius 2 is 2.04 bits per heavy atom. The first kappa shape index (κ1) is 20.2. The number of hydrogen-bond acceptors (Lipinski definition) is 7. The zero-order valence-corrected chi connectivity index (χ0v) is 15.4. The second kappa shape index (κ2) is 9.51. The summed E-state index contributed by atoms with van der Waals surface area (Å²) in [5.41, 5.74) is 1.27. The van der Waals surface area contributed by atoms with Gasteiger partial charge in [0.25, 0.3) is 5.91 Å². The normalized spacial score (nSPS) is 13.3. The van der Waals surface area contributed by atoms with E-state index < -0.39 is 30.5 Å². The first-order valence-corrected chi connectivity index (χ1v) is 8.52. The van der Waals surface area contributed by atoms with Gasteiger partial charge in [0.05, 0.1) is 7.11 Å². The van der Waals surface area contributed by atoms with Crippen molar-refractivity contribution in [1.82, 2.24) is 10.3 Å². The second-order valence-electron chi connectivity index (χ2n) is 5.91. The molecular weight excluding hydrogens is 352 g/mol. The molecule has 0 saturated heterocycles. The van der Waals surface area contributed by atoms with Crippen LogP contribution in [0, 0.1) is 5.92 Å². The predicted molar refractivity (Wildman–Crippen MR) is 97.4 cm³/mol. The van der Waals surface area contributed by atoms with Crippen LogP contribution in [-0.4, -0.2) is 42.6 Å². The van der Waals surface area contributed by atoms with Crippen molar-refractivity contribution in [3.05, 3.63) is 36.2 Å². The Morgan fingerprint density at radius 3 is 2.70 bits per heavy atom. The number of amides is 1. The van der Waals surface area contributed by atoms with E-state index in [1.54, 1.807) is 12.1 Å². The molecule has 0 fully saturated rings. The Balaban J connectivity index is 1.86. The summed E-state index contributed by atoms with van der Waals surface area (Å²) < 4.78 is 15.0. The zero-order chi connectivity index (χ0) is 19.8. The van der Waals surface area contributed by atoms with Gasteiger partial charge in [-0.3, -0.25) is 4.79 Å². The van der Waals surface area contributed by atoms with Crippen LogP contribution in [0.15, 0.2) is 34.8 Å². The van der Waals surface area contributed by atoms with E-state index in [2.05, 4.69) is 15.0 Å². The minimum Gasteiger partial charge on any atom is -0.467 e. The van der Waals surface area contributed by atoms with Gasteiger partial charge < -0.3 is 19.2 Å². The van der Waals surface area contributed by atoms with Crippen LogP contribution >= 0.6 is 0 Å². The van der Waals surface area contributed by atoms with E-state index in [0.717, 1.165) is 6.08 Å². The Morgan fingerprint density at radius 1 is 1.30 bits per heavy atom. The van der Waals surface area contributed by atoms with E-state index in [1.807, 2.05) is 26.0 Å². The molecule has 1 N–H and O–H groups in total. The standard InChI is InChI=1S/C19H22N2O6/c1-4-12(2)18(19(24)25-3)21-15(22)11-26-17(23)10-9-16-20-13-7-5-6-8-14(13)27-16/h5-10,12,18H,4,11H2,1-3H3,(H,21,22)/b10-9+/t12-,18+/m1/s1. The summed E-state index contributed by atoms with van der Waals surface area (Å²) >= 11 is 0. The van der Waals surface area contributed by atoms with Crippen molar-refractivity contribution in [3.8, 4) is 0 Å². The van der Waals surface area contributed by atoms with Gasteiger partial charge in [-0.25, -0.2) is 14.6 Å². The number of carbonyl (C=O) groups is 3. The number of fused-ring (bicyclic) bond motifs is 1. The number of aromatic nitrogens is 1. The van der Waals surface area contributed by atoms with Crippen molar-refractivity contribution < 1.29 is 28.3 Å². The lowest BCUT2D eigenvalue weighted by Crippen LogP contribution is -2.47. The van der Waals surface area contributed by atoms with Gasteiger partial charge >= 0.3 is 11.9 Å². The van der Waals surface area contributed by atoms with Crippen molar-refractivity contribution in [1.29, 1.82) is 0 Å². The number of oxazole rings is 1. The smallest absolute Gasteiger partial charge is 0.331 e. The summed E-state index contributed by atoms with van der Waals surface area (Å²) in [6.07, 6.45) is 3.15. The SMILES string of the molecule is CC[C@@H](C)[C@H](NC(=O)COC(=O)/C=C/c1nc2ccccc2o1)C(=O)OC. The molecule has 0 spiro atoms.